The third-order valence-corrected chi connectivity index (χ3v) is 7.73. The van der Waals surface area contributed by atoms with Crippen LogP contribution in [0.5, 0.6) is 5.75 Å². The Balaban J connectivity index is 1.04. The van der Waals surface area contributed by atoms with Gasteiger partial charge in [0.25, 0.3) is 0 Å². The van der Waals surface area contributed by atoms with Gasteiger partial charge in [0.15, 0.2) is 0 Å². The maximum absolute atomic E-state index is 13.2. The summed E-state index contributed by atoms with van der Waals surface area (Å²) in [5.41, 5.74) is 2.55. The van der Waals surface area contributed by atoms with Gasteiger partial charge in [-0.3, -0.25) is 4.79 Å². The molecule has 1 heterocycles. The molecule has 1 spiro atoms. The van der Waals surface area contributed by atoms with Gasteiger partial charge in [0, 0.05) is 25.0 Å². The molecule has 0 radical (unpaired) electrons. The fraction of sp³-hybridized carbons (Fsp3) is 0.481. The Labute approximate surface area is 195 Å². The van der Waals surface area contributed by atoms with Gasteiger partial charge in [0.05, 0.1) is 13.2 Å². The average molecular weight is 448 g/mol. The molecule has 1 unspecified atom stereocenters. The predicted octanol–water partition coefficient (Wildman–Crippen LogP) is 4.42. The topological polar surface area (TPSA) is 70.7 Å². The van der Waals surface area contributed by atoms with Crippen molar-refractivity contribution in [1.29, 1.82) is 0 Å². The molecule has 0 bridgehead atoms. The molecule has 2 N–H and O–H groups in total. The number of carbonyl (C=O) groups is 2. The molecule has 2 aliphatic carbocycles. The molecule has 33 heavy (non-hydrogen) atoms. The van der Waals surface area contributed by atoms with Crippen LogP contribution in [0.4, 0.5) is 4.79 Å². The van der Waals surface area contributed by atoms with E-state index in [1.54, 1.807) is 7.11 Å². The highest BCUT2D eigenvalue weighted by molar-refractivity contribution is 5.81. The molecular formula is C27H33N3O3. The fourth-order valence-electron chi connectivity index (χ4n) is 6.03. The molecule has 1 saturated heterocycles. The van der Waals surface area contributed by atoms with Gasteiger partial charge in [0.2, 0.25) is 5.91 Å². The van der Waals surface area contributed by atoms with Gasteiger partial charge in [-0.1, -0.05) is 42.5 Å². The minimum absolute atomic E-state index is 0.125. The SMILES string of the molecule is COc1ccc(CNC(=O)NC2CC3(C2)CC(C(=O)N2CCCC2c2ccccc2)C3)cc1. The maximum Gasteiger partial charge on any atom is 0.315 e. The molecular weight excluding hydrogens is 414 g/mol. The van der Waals surface area contributed by atoms with Crippen LogP contribution in [-0.2, 0) is 11.3 Å². The number of hydrogen-bond acceptors (Lipinski definition) is 3. The summed E-state index contributed by atoms with van der Waals surface area (Å²) in [6, 6.07) is 18.4. The van der Waals surface area contributed by atoms with E-state index in [-0.39, 0.29) is 29.4 Å². The number of hydrogen-bond donors (Lipinski definition) is 2. The highest BCUT2D eigenvalue weighted by Gasteiger charge is 2.56. The minimum atomic E-state index is -0.125. The summed E-state index contributed by atoms with van der Waals surface area (Å²) < 4.78 is 5.16. The Morgan fingerprint density at radius 3 is 2.45 bits per heavy atom. The summed E-state index contributed by atoms with van der Waals surface area (Å²) in [5.74, 6) is 1.29. The van der Waals surface area contributed by atoms with Gasteiger partial charge in [-0.15, -0.1) is 0 Å². The van der Waals surface area contributed by atoms with E-state index >= 15 is 0 Å². The van der Waals surface area contributed by atoms with E-state index in [2.05, 4.69) is 39.8 Å². The molecule has 3 aliphatic rings. The quantitative estimate of drug-likeness (QED) is 0.689. The van der Waals surface area contributed by atoms with Crippen LogP contribution in [0.3, 0.4) is 0 Å². The maximum atomic E-state index is 13.2. The zero-order chi connectivity index (χ0) is 22.8. The largest absolute Gasteiger partial charge is 0.497 e. The Morgan fingerprint density at radius 1 is 1.03 bits per heavy atom. The third kappa shape index (κ3) is 4.56. The predicted molar refractivity (Wildman–Crippen MR) is 127 cm³/mol. The zero-order valence-corrected chi connectivity index (χ0v) is 19.3. The fourth-order valence-corrected chi connectivity index (χ4v) is 6.03. The number of carbonyl (C=O) groups excluding carboxylic acids is 2. The number of methoxy groups -OCH3 is 1. The van der Waals surface area contributed by atoms with Crippen molar-refractivity contribution in [2.45, 2.75) is 57.2 Å². The first-order valence-electron chi connectivity index (χ1n) is 12.1. The second kappa shape index (κ2) is 9.08. The molecule has 3 fully saturated rings. The molecule has 2 saturated carbocycles. The Bertz CT molecular complexity index is 977. The number of amides is 3. The van der Waals surface area contributed by atoms with Crippen molar-refractivity contribution in [3.05, 3.63) is 65.7 Å². The van der Waals surface area contributed by atoms with Crippen molar-refractivity contribution in [3.8, 4) is 5.75 Å². The number of urea groups is 1. The van der Waals surface area contributed by atoms with Crippen molar-refractivity contribution in [1.82, 2.24) is 15.5 Å². The van der Waals surface area contributed by atoms with Crippen LogP contribution >= 0.6 is 0 Å². The second-order valence-corrected chi connectivity index (χ2v) is 9.99. The molecule has 2 aromatic rings. The van der Waals surface area contributed by atoms with Crippen LogP contribution < -0.4 is 15.4 Å². The first-order valence-corrected chi connectivity index (χ1v) is 12.1. The molecule has 0 aromatic heterocycles. The number of benzene rings is 2. The number of ether oxygens (including phenoxy) is 1. The highest BCUT2D eigenvalue weighted by atomic mass is 16.5. The second-order valence-electron chi connectivity index (χ2n) is 9.99. The number of nitrogens with one attached hydrogen (secondary N) is 2. The smallest absolute Gasteiger partial charge is 0.315 e. The van der Waals surface area contributed by atoms with E-state index in [9.17, 15) is 9.59 Å². The molecule has 1 aliphatic heterocycles. The standard InChI is InChI=1S/C27H33N3O3/c1-33-23-11-9-19(10-12-23)18-28-26(32)29-22-16-27(17-22)14-21(15-27)25(31)30-13-5-8-24(30)20-6-3-2-4-7-20/h2-4,6-7,9-12,21-22,24H,5,8,13-18H2,1H3,(H2,28,29,32). The van der Waals surface area contributed by atoms with Crippen LogP contribution in [0.15, 0.2) is 54.6 Å². The lowest BCUT2D eigenvalue weighted by Gasteiger charge is -2.57. The van der Waals surface area contributed by atoms with Crippen LogP contribution in [0, 0.1) is 11.3 Å². The molecule has 2 aromatic carbocycles. The van der Waals surface area contributed by atoms with Crippen LogP contribution in [0.2, 0.25) is 0 Å². The summed E-state index contributed by atoms with van der Waals surface area (Å²) >= 11 is 0. The van der Waals surface area contributed by atoms with E-state index < -0.39 is 0 Å². The van der Waals surface area contributed by atoms with Crippen molar-refractivity contribution in [3.63, 3.8) is 0 Å². The van der Waals surface area contributed by atoms with Gasteiger partial charge < -0.3 is 20.3 Å². The Hall–Kier alpha value is -3.02. The molecule has 6 nitrogen and oxygen atoms in total. The lowest BCUT2D eigenvalue weighted by molar-refractivity contribution is -0.150. The number of likely N-dealkylation sites (tertiary alicyclic amines) is 1. The van der Waals surface area contributed by atoms with E-state index in [0.717, 1.165) is 56.4 Å². The first-order chi connectivity index (χ1) is 16.0. The molecule has 174 valence electrons. The molecule has 1 atom stereocenters. The van der Waals surface area contributed by atoms with Crippen molar-refractivity contribution in [2.75, 3.05) is 13.7 Å². The molecule has 5 rings (SSSR count). The number of nitrogens with zero attached hydrogens (tertiary/aromatic N) is 1. The lowest BCUT2D eigenvalue weighted by Crippen LogP contribution is -2.59. The normalized spacial score (nSPS) is 28.0. The van der Waals surface area contributed by atoms with E-state index in [0.29, 0.717) is 12.5 Å². The lowest BCUT2D eigenvalue weighted by atomic mass is 9.50. The van der Waals surface area contributed by atoms with Crippen LogP contribution in [0.1, 0.15) is 55.7 Å². The third-order valence-electron chi connectivity index (χ3n) is 7.73. The van der Waals surface area contributed by atoms with Gasteiger partial charge in [-0.25, -0.2) is 4.79 Å². The summed E-state index contributed by atoms with van der Waals surface area (Å²) in [7, 11) is 1.64. The molecule has 3 amide bonds. The average Bonchev–Trinajstić information content (AvgIpc) is 3.29. The van der Waals surface area contributed by atoms with Crippen LogP contribution in [0.25, 0.3) is 0 Å². The summed E-state index contributed by atoms with van der Waals surface area (Å²) in [6.45, 7) is 1.36. The monoisotopic (exact) mass is 447 g/mol. The van der Waals surface area contributed by atoms with Gasteiger partial charge in [0.1, 0.15) is 5.75 Å². The summed E-state index contributed by atoms with van der Waals surface area (Å²) in [4.78, 5) is 27.6. The van der Waals surface area contributed by atoms with Crippen LogP contribution in [-0.4, -0.2) is 36.5 Å². The van der Waals surface area contributed by atoms with E-state index in [4.69, 9.17) is 4.74 Å². The minimum Gasteiger partial charge on any atom is -0.497 e. The highest BCUT2D eigenvalue weighted by Crippen LogP contribution is 2.59. The number of rotatable bonds is 6. The Kier molecular flexibility index (Phi) is 6.00. The van der Waals surface area contributed by atoms with E-state index in [1.807, 2.05) is 30.3 Å². The van der Waals surface area contributed by atoms with E-state index in [1.165, 1.54) is 5.56 Å². The first kappa shape index (κ1) is 21.8. The molecule has 6 heteroatoms. The zero-order valence-electron chi connectivity index (χ0n) is 19.3. The Morgan fingerprint density at radius 2 is 1.76 bits per heavy atom. The van der Waals surface area contributed by atoms with Crippen molar-refractivity contribution < 1.29 is 14.3 Å². The van der Waals surface area contributed by atoms with Gasteiger partial charge >= 0.3 is 6.03 Å². The summed E-state index contributed by atoms with van der Waals surface area (Å²) in [5, 5.41) is 6.02. The van der Waals surface area contributed by atoms with Gasteiger partial charge in [-0.2, -0.15) is 0 Å². The van der Waals surface area contributed by atoms with Crippen molar-refractivity contribution in [2.24, 2.45) is 11.3 Å². The van der Waals surface area contributed by atoms with Gasteiger partial charge in [-0.05, 0) is 67.2 Å². The van der Waals surface area contributed by atoms with Crippen molar-refractivity contribution >= 4 is 11.9 Å². The summed E-state index contributed by atoms with van der Waals surface area (Å²) in [6.07, 6.45) is 6.04.